The number of aliphatic imine (C=N–C) groups is 1. The molecule has 0 spiro atoms. The number of amides is 1. The van der Waals surface area contributed by atoms with Gasteiger partial charge in [0, 0.05) is 37.8 Å². The Morgan fingerprint density at radius 3 is 2.50 bits per heavy atom. The second-order valence-electron chi connectivity index (χ2n) is 5.37. The lowest BCUT2D eigenvalue weighted by molar-refractivity contribution is -0.123. The minimum absolute atomic E-state index is 0.0151. The maximum atomic E-state index is 11.5. The lowest BCUT2D eigenvalue weighted by Crippen LogP contribution is -2.38. The molecule has 0 aromatic heterocycles. The fraction of sp³-hybridized carbons (Fsp3) is 0.529. The number of hydrogen-bond acceptors (Lipinski definition) is 4. The summed E-state index contributed by atoms with van der Waals surface area (Å²) < 4.78 is 10.8. The van der Waals surface area contributed by atoms with Crippen molar-refractivity contribution < 1.29 is 14.3 Å². The largest absolute Gasteiger partial charge is 0.493 e. The Labute approximate surface area is 143 Å². The van der Waals surface area contributed by atoms with Crippen LogP contribution in [0.5, 0.6) is 11.5 Å². The van der Waals surface area contributed by atoms with E-state index in [0.717, 1.165) is 5.69 Å². The minimum Gasteiger partial charge on any atom is -0.493 e. The number of rotatable bonds is 8. The molecule has 0 aliphatic carbocycles. The average molecular weight is 336 g/mol. The molecule has 0 aliphatic heterocycles. The molecule has 0 aliphatic rings. The molecule has 0 heterocycles. The lowest BCUT2D eigenvalue weighted by atomic mass is 10.2. The van der Waals surface area contributed by atoms with Crippen LogP contribution in [0.1, 0.15) is 20.8 Å². The molecule has 1 rings (SSSR count). The van der Waals surface area contributed by atoms with Gasteiger partial charge >= 0.3 is 0 Å². The van der Waals surface area contributed by atoms with Crippen LogP contribution in [-0.4, -0.2) is 45.7 Å². The number of nitrogens with one attached hydrogen (secondary N) is 3. The van der Waals surface area contributed by atoms with Gasteiger partial charge in [-0.2, -0.15) is 0 Å². The van der Waals surface area contributed by atoms with E-state index in [2.05, 4.69) is 20.9 Å². The van der Waals surface area contributed by atoms with Crippen LogP contribution in [0.3, 0.4) is 0 Å². The first kappa shape index (κ1) is 19.6. The van der Waals surface area contributed by atoms with E-state index in [0.29, 0.717) is 37.2 Å². The van der Waals surface area contributed by atoms with E-state index in [9.17, 15) is 4.79 Å². The number of nitrogens with zero attached hydrogens (tertiary/aromatic N) is 1. The molecule has 1 aromatic rings. The Hall–Kier alpha value is -2.44. The maximum absolute atomic E-state index is 11.5. The average Bonchev–Trinajstić information content (AvgIpc) is 2.57. The molecule has 7 nitrogen and oxygen atoms in total. The molecule has 3 N–H and O–H groups in total. The Balaban J connectivity index is 2.56. The molecular formula is C17H28N4O3. The summed E-state index contributed by atoms with van der Waals surface area (Å²) in [5.74, 6) is 1.99. The molecule has 0 bridgehead atoms. The Morgan fingerprint density at radius 2 is 1.92 bits per heavy atom. The summed E-state index contributed by atoms with van der Waals surface area (Å²) >= 11 is 0. The quantitative estimate of drug-likeness (QED) is 0.383. The van der Waals surface area contributed by atoms with Gasteiger partial charge in [-0.1, -0.05) is 13.8 Å². The summed E-state index contributed by atoms with van der Waals surface area (Å²) in [6, 6.07) is 5.58. The maximum Gasteiger partial charge on any atom is 0.222 e. The topological polar surface area (TPSA) is 84.0 Å². The van der Waals surface area contributed by atoms with Gasteiger partial charge in [0.25, 0.3) is 0 Å². The van der Waals surface area contributed by atoms with E-state index < -0.39 is 0 Å². The first-order valence-electron chi connectivity index (χ1n) is 8.08. The van der Waals surface area contributed by atoms with Crippen molar-refractivity contribution >= 4 is 17.6 Å². The van der Waals surface area contributed by atoms with Crippen molar-refractivity contribution in [1.29, 1.82) is 0 Å². The third-order valence-corrected chi connectivity index (χ3v) is 3.19. The predicted octanol–water partition coefficient (Wildman–Crippen LogP) is 1.85. The molecule has 1 amide bonds. The van der Waals surface area contributed by atoms with Gasteiger partial charge in [0.15, 0.2) is 17.5 Å². The minimum atomic E-state index is -0.0151. The molecule has 1 aromatic carbocycles. The molecule has 0 atom stereocenters. The van der Waals surface area contributed by atoms with Crippen molar-refractivity contribution in [2.45, 2.75) is 20.8 Å². The third-order valence-electron chi connectivity index (χ3n) is 3.19. The van der Waals surface area contributed by atoms with Gasteiger partial charge in [0.1, 0.15) is 0 Å². The van der Waals surface area contributed by atoms with Crippen molar-refractivity contribution in [3.05, 3.63) is 18.2 Å². The number of carbonyl (C=O) groups is 1. The summed E-state index contributed by atoms with van der Waals surface area (Å²) in [6.07, 6.45) is 0. The highest BCUT2D eigenvalue weighted by molar-refractivity contribution is 5.93. The first-order valence-corrected chi connectivity index (χ1v) is 8.08. The summed E-state index contributed by atoms with van der Waals surface area (Å²) in [4.78, 5) is 15.7. The number of ether oxygens (including phenoxy) is 2. The Kier molecular flexibility index (Phi) is 8.46. The van der Waals surface area contributed by atoms with Gasteiger partial charge in [-0.25, -0.2) is 0 Å². The van der Waals surface area contributed by atoms with E-state index in [1.54, 1.807) is 14.2 Å². The predicted molar refractivity (Wildman–Crippen MR) is 97.0 cm³/mol. The van der Waals surface area contributed by atoms with E-state index in [-0.39, 0.29) is 11.8 Å². The van der Waals surface area contributed by atoms with Crippen LogP contribution in [-0.2, 0) is 4.79 Å². The van der Waals surface area contributed by atoms with Gasteiger partial charge in [-0.3, -0.25) is 9.79 Å². The van der Waals surface area contributed by atoms with Gasteiger partial charge in [0.2, 0.25) is 5.91 Å². The Bertz CT molecular complexity index is 559. The summed E-state index contributed by atoms with van der Waals surface area (Å²) in [6.45, 7) is 7.32. The number of methoxy groups -OCH3 is 1. The van der Waals surface area contributed by atoms with Crippen LogP contribution in [0, 0.1) is 5.92 Å². The van der Waals surface area contributed by atoms with Crippen LogP contribution in [0.25, 0.3) is 0 Å². The SMILES string of the molecule is CCOc1cc(NC(=NC)NCCNC(=O)C(C)C)ccc1OC. The van der Waals surface area contributed by atoms with Crippen LogP contribution < -0.4 is 25.4 Å². The zero-order valence-electron chi connectivity index (χ0n) is 15.1. The second-order valence-corrected chi connectivity index (χ2v) is 5.37. The van der Waals surface area contributed by atoms with E-state index in [1.807, 2.05) is 39.0 Å². The summed E-state index contributed by atoms with van der Waals surface area (Å²) in [5.41, 5.74) is 0.832. The van der Waals surface area contributed by atoms with E-state index in [4.69, 9.17) is 9.47 Å². The number of hydrogen-bond donors (Lipinski definition) is 3. The van der Waals surface area contributed by atoms with Crippen LogP contribution in [0.4, 0.5) is 5.69 Å². The van der Waals surface area contributed by atoms with Crippen molar-refractivity contribution in [2.24, 2.45) is 10.9 Å². The molecule has 24 heavy (non-hydrogen) atoms. The molecule has 0 saturated heterocycles. The molecule has 7 heteroatoms. The van der Waals surface area contributed by atoms with Gasteiger partial charge < -0.3 is 25.4 Å². The molecular weight excluding hydrogens is 308 g/mol. The highest BCUT2D eigenvalue weighted by atomic mass is 16.5. The second kappa shape index (κ2) is 10.4. The molecule has 0 saturated carbocycles. The van der Waals surface area contributed by atoms with Gasteiger partial charge in [0.05, 0.1) is 13.7 Å². The zero-order valence-corrected chi connectivity index (χ0v) is 15.1. The number of anilines is 1. The van der Waals surface area contributed by atoms with Crippen molar-refractivity contribution in [3.63, 3.8) is 0 Å². The third kappa shape index (κ3) is 6.36. The number of guanidine groups is 1. The van der Waals surface area contributed by atoms with Crippen molar-refractivity contribution in [3.8, 4) is 11.5 Å². The standard InChI is InChI=1S/C17H28N4O3/c1-6-24-15-11-13(7-8-14(15)23-5)21-17(18-4)20-10-9-19-16(22)12(2)3/h7-8,11-12H,6,9-10H2,1-5H3,(H,19,22)(H2,18,20,21). The van der Waals surface area contributed by atoms with Gasteiger partial charge in [-0.15, -0.1) is 0 Å². The molecule has 0 radical (unpaired) electrons. The summed E-state index contributed by atoms with van der Waals surface area (Å²) in [7, 11) is 3.30. The van der Waals surface area contributed by atoms with Crippen LogP contribution in [0.15, 0.2) is 23.2 Å². The van der Waals surface area contributed by atoms with Crippen LogP contribution >= 0.6 is 0 Å². The number of carbonyl (C=O) groups excluding carboxylic acids is 1. The number of benzene rings is 1. The monoisotopic (exact) mass is 336 g/mol. The Morgan fingerprint density at radius 1 is 1.21 bits per heavy atom. The highest BCUT2D eigenvalue weighted by Crippen LogP contribution is 2.30. The van der Waals surface area contributed by atoms with Crippen LogP contribution in [0.2, 0.25) is 0 Å². The highest BCUT2D eigenvalue weighted by Gasteiger charge is 2.08. The van der Waals surface area contributed by atoms with Gasteiger partial charge in [-0.05, 0) is 19.1 Å². The molecule has 0 unspecified atom stereocenters. The fourth-order valence-electron chi connectivity index (χ4n) is 1.91. The molecule has 0 fully saturated rings. The smallest absolute Gasteiger partial charge is 0.222 e. The summed E-state index contributed by atoms with van der Waals surface area (Å²) in [5, 5.41) is 9.17. The molecule has 134 valence electrons. The normalized spacial score (nSPS) is 11.2. The van der Waals surface area contributed by atoms with Crippen molar-refractivity contribution in [1.82, 2.24) is 10.6 Å². The van der Waals surface area contributed by atoms with E-state index >= 15 is 0 Å². The zero-order chi connectivity index (χ0) is 17.9. The van der Waals surface area contributed by atoms with Crippen molar-refractivity contribution in [2.75, 3.05) is 39.2 Å². The lowest BCUT2D eigenvalue weighted by Gasteiger charge is -2.15. The fourth-order valence-corrected chi connectivity index (χ4v) is 1.91. The van der Waals surface area contributed by atoms with E-state index in [1.165, 1.54) is 0 Å². The first-order chi connectivity index (χ1) is 11.5.